The van der Waals surface area contributed by atoms with E-state index in [2.05, 4.69) is 26.7 Å². The zero-order valence-corrected chi connectivity index (χ0v) is 15.8. The second-order valence-electron chi connectivity index (χ2n) is 7.29. The molecular weight excluding hydrogens is 364 g/mol. The molecule has 7 nitrogen and oxygen atoms in total. The van der Waals surface area contributed by atoms with E-state index in [1.165, 1.54) is 0 Å². The molecule has 3 atom stereocenters. The van der Waals surface area contributed by atoms with E-state index in [9.17, 15) is 10.3 Å². The van der Waals surface area contributed by atoms with E-state index >= 15 is 0 Å². The summed E-state index contributed by atoms with van der Waals surface area (Å²) in [5.41, 5.74) is 2.63. The Morgan fingerprint density at radius 1 is 1.41 bits per heavy atom. The lowest BCUT2D eigenvalue weighted by Crippen LogP contribution is -2.26. The Labute approximate surface area is 163 Å². The number of aryl methyl sites for hydroxylation is 1. The van der Waals surface area contributed by atoms with Crippen molar-refractivity contribution in [1.82, 2.24) is 9.97 Å². The van der Waals surface area contributed by atoms with Gasteiger partial charge in [-0.1, -0.05) is 11.6 Å². The summed E-state index contributed by atoms with van der Waals surface area (Å²) in [6.07, 6.45) is 7.28. The summed E-state index contributed by atoms with van der Waals surface area (Å²) in [6.45, 7) is 2.34. The molecule has 1 aliphatic heterocycles. The summed E-state index contributed by atoms with van der Waals surface area (Å²) in [5, 5.41) is 26.3. The molecule has 1 aromatic rings. The molecular formula is C18H21BClN5O2. The first kappa shape index (κ1) is 18.3. The number of nitriles is 1. The van der Waals surface area contributed by atoms with Crippen molar-refractivity contribution in [1.29, 1.82) is 5.26 Å². The Morgan fingerprint density at radius 3 is 3.07 bits per heavy atom. The molecule has 1 saturated carbocycles. The molecule has 0 radical (unpaired) electrons. The lowest BCUT2D eigenvalue weighted by atomic mass is 9.75. The van der Waals surface area contributed by atoms with Gasteiger partial charge in [-0.3, -0.25) is 0 Å². The van der Waals surface area contributed by atoms with Gasteiger partial charge in [0.05, 0.1) is 24.6 Å². The first-order valence-corrected chi connectivity index (χ1v) is 9.58. The molecule has 3 N–H and O–H groups in total. The number of hydrogen-bond donors (Lipinski definition) is 3. The lowest BCUT2D eigenvalue weighted by molar-refractivity contribution is 0.307. The predicted molar refractivity (Wildman–Crippen MR) is 104 cm³/mol. The minimum atomic E-state index is -0.935. The molecule has 4 rings (SSSR count). The molecule has 9 heteroatoms. The van der Waals surface area contributed by atoms with E-state index in [0.717, 1.165) is 36.2 Å². The van der Waals surface area contributed by atoms with E-state index < -0.39 is 7.12 Å². The maximum absolute atomic E-state index is 9.83. The van der Waals surface area contributed by atoms with Gasteiger partial charge in [0.15, 0.2) is 0 Å². The van der Waals surface area contributed by atoms with Crippen molar-refractivity contribution in [2.45, 2.75) is 44.7 Å². The minimum Gasteiger partial charge on any atom is -0.423 e. The molecule has 0 aromatic carbocycles. The maximum Gasteiger partial charge on any atom is 0.492 e. The van der Waals surface area contributed by atoms with Gasteiger partial charge >= 0.3 is 7.12 Å². The van der Waals surface area contributed by atoms with Gasteiger partial charge in [-0.2, -0.15) is 10.2 Å². The molecule has 2 heterocycles. The number of nitrogens with zero attached hydrogens (tertiary/aromatic N) is 3. The third-order valence-electron chi connectivity index (χ3n) is 5.40. The fourth-order valence-electron chi connectivity index (χ4n) is 3.94. The van der Waals surface area contributed by atoms with Crippen molar-refractivity contribution < 1.29 is 9.68 Å². The second kappa shape index (κ2) is 7.51. The van der Waals surface area contributed by atoms with Crippen molar-refractivity contribution in [2.24, 2.45) is 5.92 Å². The average Bonchev–Trinajstić information content (AvgIpc) is 3.24. The topological polar surface area (TPSA) is 103 Å². The predicted octanol–water partition coefficient (Wildman–Crippen LogP) is 2.54. The van der Waals surface area contributed by atoms with Crippen LogP contribution in [0.1, 0.15) is 31.2 Å². The Morgan fingerprint density at radius 2 is 2.26 bits per heavy atom. The highest BCUT2D eigenvalue weighted by atomic mass is 35.5. The maximum atomic E-state index is 9.83. The number of allylic oxidation sites excluding steroid dienone is 2. The second-order valence-corrected chi connectivity index (χ2v) is 7.70. The van der Waals surface area contributed by atoms with Gasteiger partial charge in [-0.25, -0.2) is 4.98 Å². The summed E-state index contributed by atoms with van der Waals surface area (Å²) < 4.78 is 5.26. The van der Waals surface area contributed by atoms with Crippen LogP contribution in [0.5, 0.6) is 0 Å². The Balaban J connectivity index is 1.48. The van der Waals surface area contributed by atoms with E-state index in [1.807, 2.05) is 13.0 Å². The summed E-state index contributed by atoms with van der Waals surface area (Å²) in [5.74, 6) is 1.28. The number of hydrogen-bond acceptors (Lipinski definition) is 7. The zero-order chi connectivity index (χ0) is 19.0. The van der Waals surface area contributed by atoms with E-state index in [1.54, 1.807) is 6.20 Å². The smallest absolute Gasteiger partial charge is 0.423 e. The highest BCUT2D eigenvalue weighted by Crippen LogP contribution is 2.35. The number of nitrogens with one attached hydrogen (secondary N) is 2. The first-order chi connectivity index (χ1) is 13.0. The molecule has 2 unspecified atom stereocenters. The van der Waals surface area contributed by atoms with Gasteiger partial charge in [0.1, 0.15) is 5.82 Å². The molecule has 2 aliphatic carbocycles. The highest BCUT2D eigenvalue weighted by molar-refractivity contribution is 6.59. The first-order valence-electron chi connectivity index (χ1n) is 9.20. The largest absolute Gasteiger partial charge is 0.492 e. The van der Waals surface area contributed by atoms with Crippen LogP contribution in [-0.2, 0) is 4.65 Å². The highest BCUT2D eigenvalue weighted by Gasteiger charge is 2.36. The molecule has 27 heavy (non-hydrogen) atoms. The third-order valence-corrected chi connectivity index (χ3v) is 5.73. The molecule has 0 saturated heterocycles. The number of halogens is 1. The Bertz CT molecular complexity index is 853. The van der Waals surface area contributed by atoms with Crippen LogP contribution in [0.2, 0.25) is 0 Å². The molecule has 1 aromatic heterocycles. The van der Waals surface area contributed by atoms with Crippen LogP contribution in [0, 0.1) is 24.2 Å². The van der Waals surface area contributed by atoms with Crippen molar-refractivity contribution in [2.75, 3.05) is 17.2 Å². The number of anilines is 2. The third kappa shape index (κ3) is 3.68. The Hall–Kier alpha value is -2.08. The quantitative estimate of drug-likeness (QED) is 0.684. The lowest BCUT2D eigenvalue weighted by Gasteiger charge is -2.22. The van der Waals surface area contributed by atoms with Gasteiger partial charge in [0.25, 0.3) is 0 Å². The summed E-state index contributed by atoms with van der Waals surface area (Å²) >= 11 is 6.31. The molecule has 0 amide bonds. The number of rotatable bonds is 4. The van der Waals surface area contributed by atoms with E-state index in [-0.39, 0.29) is 18.0 Å². The van der Waals surface area contributed by atoms with Crippen molar-refractivity contribution >= 4 is 30.5 Å². The van der Waals surface area contributed by atoms with Crippen LogP contribution in [0.15, 0.2) is 28.4 Å². The van der Waals surface area contributed by atoms with Crippen LogP contribution in [0.25, 0.3) is 0 Å². The van der Waals surface area contributed by atoms with Crippen molar-refractivity contribution in [3.8, 4) is 6.07 Å². The van der Waals surface area contributed by atoms with Gasteiger partial charge in [-0.05, 0) is 44.3 Å². The van der Waals surface area contributed by atoms with Gasteiger partial charge in [0.2, 0.25) is 5.95 Å². The standard InChI is InChI=1S/C18H21BClN5O2/c1-10-8-22-18(25-17(10)24-15-4-2-3-11(15)7-21)23-13-5-12-9-27-19(26)16(12)14(20)6-13/h6,8,11,13,15,26H,2-5,9H2,1H3,(H2,22,23,24,25)/t11?,13?,15-/m0/s1. The molecule has 0 bridgehead atoms. The van der Waals surface area contributed by atoms with Crippen LogP contribution < -0.4 is 10.6 Å². The molecule has 0 spiro atoms. The zero-order valence-electron chi connectivity index (χ0n) is 15.1. The fourth-order valence-corrected chi connectivity index (χ4v) is 4.32. The molecule has 3 aliphatic rings. The summed E-state index contributed by atoms with van der Waals surface area (Å²) in [4.78, 5) is 8.99. The van der Waals surface area contributed by atoms with Gasteiger partial charge in [-0.15, -0.1) is 0 Å². The van der Waals surface area contributed by atoms with Gasteiger partial charge < -0.3 is 20.3 Å². The molecule has 1 fully saturated rings. The monoisotopic (exact) mass is 385 g/mol. The molecule has 140 valence electrons. The Kier molecular flexibility index (Phi) is 5.09. The van der Waals surface area contributed by atoms with Crippen LogP contribution >= 0.6 is 11.6 Å². The minimum absolute atomic E-state index is 0.0232. The van der Waals surface area contributed by atoms with Crippen molar-refractivity contribution in [3.05, 3.63) is 33.9 Å². The summed E-state index contributed by atoms with van der Waals surface area (Å²) in [7, 11) is -0.935. The van der Waals surface area contributed by atoms with E-state index in [4.69, 9.17) is 16.3 Å². The average molecular weight is 386 g/mol. The van der Waals surface area contributed by atoms with Crippen LogP contribution in [0.4, 0.5) is 11.8 Å². The van der Waals surface area contributed by atoms with Crippen molar-refractivity contribution in [3.63, 3.8) is 0 Å². The summed E-state index contributed by atoms with van der Waals surface area (Å²) in [6, 6.07) is 2.44. The van der Waals surface area contributed by atoms with Crippen LogP contribution in [-0.4, -0.2) is 40.8 Å². The normalized spacial score (nSPS) is 27.3. The van der Waals surface area contributed by atoms with E-state index in [0.29, 0.717) is 29.5 Å². The number of aromatic nitrogens is 2. The fraction of sp³-hybridized carbons (Fsp3) is 0.500. The van der Waals surface area contributed by atoms with Crippen LogP contribution in [0.3, 0.4) is 0 Å². The SMILES string of the molecule is Cc1cnc(NC2C=C(Cl)C3=C(COB3O)C2)nc1N[C@H]1CCCC1C#N. The van der Waals surface area contributed by atoms with Gasteiger partial charge in [0, 0.05) is 28.3 Å².